The van der Waals surface area contributed by atoms with E-state index in [2.05, 4.69) is 5.16 Å². The Morgan fingerprint density at radius 1 is 1.53 bits per heavy atom. The maximum absolute atomic E-state index is 12.4. The van der Waals surface area contributed by atoms with Crippen molar-refractivity contribution in [3.8, 4) is 0 Å². The van der Waals surface area contributed by atoms with Crippen molar-refractivity contribution in [2.45, 2.75) is 32.6 Å². The smallest absolute Gasteiger partial charge is 0.236 e. The van der Waals surface area contributed by atoms with E-state index in [-0.39, 0.29) is 18.3 Å². The average Bonchev–Trinajstić information content (AvgIpc) is 2.28. The Morgan fingerprint density at radius 2 is 2.18 bits per heavy atom. The highest BCUT2D eigenvalue weighted by molar-refractivity contribution is 6.07. The molecule has 0 saturated heterocycles. The van der Waals surface area contributed by atoms with Gasteiger partial charge < -0.3 is 20.9 Å². The first kappa shape index (κ1) is 13.8. The molecule has 6 heteroatoms. The van der Waals surface area contributed by atoms with Crippen LogP contribution in [-0.2, 0) is 4.79 Å². The van der Waals surface area contributed by atoms with Gasteiger partial charge in [0.25, 0.3) is 0 Å². The Balaban J connectivity index is 2.77. The van der Waals surface area contributed by atoms with E-state index in [1.807, 2.05) is 6.92 Å². The van der Waals surface area contributed by atoms with Gasteiger partial charge in [0.2, 0.25) is 5.91 Å². The summed E-state index contributed by atoms with van der Waals surface area (Å²) in [7, 11) is 0. The number of nitrogens with zero attached hydrogens (tertiary/aromatic N) is 2. The lowest BCUT2D eigenvalue weighted by atomic mass is 9.67. The van der Waals surface area contributed by atoms with Gasteiger partial charge >= 0.3 is 0 Å². The van der Waals surface area contributed by atoms with Crippen LogP contribution in [0.15, 0.2) is 5.16 Å². The van der Waals surface area contributed by atoms with Crippen molar-refractivity contribution in [3.63, 3.8) is 0 Å². The van der Waals surface area contributed by atoms with Crippen LogP contribution in [0, 0.1) is 5.41 Å². The molecule has 4 N–H and O–H groups in total. The summed E-state index contributed by atoms with van der Waals surface area (Å²) in [5.74, 6) is -0.0776. The van der Waals surface area contributed by atoms with Crippen molar-refractivity contribution >= 4 is 11.7 Å². The first-order chi connectivity index (χ1) is 8.12. The Labute approximate surface area is 101 Å². The van der Waals surface area contributed by atoms with E-state index < -0.39 is 5.41 Å². The number of aliphatic hydroxyl groups is 1. The molecule has 0 atom stereocenters. The summed E-state index contributed by atoms with van der Waals surface area (Å²) in [5, 5.41) is 20.6. The fourth-order valence-corrected chi connectivity index (χ4v) is 2.17. The van der Waals surface area contributed by atoms with E-state index in [9.17, 15) is 4.79 Å². The third-order valence-corrected chi connectivity index (χ3v) is 3.47. The summed E-state index contributed by atoms with van der Waals surface area (Å²) in [5.41, 5.74) is 4.83. The Bertz CT molecular complexity index is 300. The molecule has 0 heterocycles. The van der Waals surface area contributed by atoms with Crippen LogP contribution in [0.4, 0.5) is 0 Å². The molecule has 0 bridgehead atoms. The number of hydrogen-bond donors (Lipinski definition) is 3. The molecule has 1 aliphatic rings. The largest absolute Gasteiger partial charge is 0.409 e. The van der Waals surface area contributed by atoms with E-state index in [0.29, 0.717) is 32.4 Å². The Morgan fingerprint density at radius 3 is 2.53 bits per heavy atom. The number of hydrogen-bond acceptors (Lipinski definition) is 4. The number of amidine groups is 1. The molecule has 1 aliphatic carbocycles. The van der Waals surface area contributed by atoms with Gasteiger partial charge in [0.1, 0.15) is 5.41 Å². The lowest BCUT2D eigenvalue weighted by Crippen LogP contribution is -2.55. The fraction of sp³-hybridized carbons (Fsp3) is 0.818. The number of aliphatic hydroxyl groups excluding tert-OH is 1. The minimum atomic E-state index is -0.805. The quantitative estimate of drug-likeness (QED) is 0.267. The van der Waals surface area contributed by atoms with Crippen LogP contribution >= 0.6 is 0 Å². The van der Waals surface area contributed by atoms with E-state index in [4.69, 9.17) is 16.0 Å². The topological polar surface area (TPSA) is 99.2 Å². The SMILES string of the molecule is CCN(CCCO)C(=O)C1(C(N)=NO)CCC1. The van der Waals surface area contributed by atoms with Crippen LogP contribution in [0.25, 0.3) is 0 Å². The molecule has 0 aromatic carbocycles. The van der Waals surface area contributed by atoms with Crippen LogP contribution in [0.5, 0.6) is 0 Å². The van der Waals surface area contributed by atoms with E-state index in [0.717, 1.165) is 6.42 Å². The van der Waals surface area contributed by atoms with Crippen molar-refractivity contribution in [3.05, 3.63) is 0 Å². The predicted octanol–water partition coefficient (Wildman–Crippen LogP) is 0.134. The van der Waals surface area contributed by atoms with Crippen LogP contribution in [-0.4, -0.2) is 46.7 Å². The standard InChI is InChI=1S/C11H21N3O3/c1-2-14(7-4-8-15)10(16)11(5-3-6-11)9(12)13-17/h15,17H,2-8H2,1H3,(H2,12,13). The van der Waals surface area contributed by atoms with Gasteiger partial charge in [-0.2, -0.15) is 0 Å². The van der Waals surface area contributed by atoms with Gasteiger partial charge in [-0.15, -0.1) is 0 Å². The number of amides is 1. The molecule has 1 saturated carbocycles. The molecule has 1 amide bonds. The highest BCUT2D eigenvalue weighted by Crippen LogP contribution is 2.42. The summed E-state index contributed by atoms with van der Waals surface area (Å²) in [6, 6.07) is 0. The summed E-state index contributed by atoms with van der Waals surface area (Å²) < 4.78 is 0. The number of carbonyl (C=O) groups excluding carboxylic acids is 1. The molecule has 17 heavy (non-hydrogen) atoms. The first-order valence-corrected chi connectivity index (χ1v) is 6.00. The van der Waals surface area contributed by atoms with Crippen LogP contribution < -0.4 is 5.73 Å². The second-order valence-corrected chi connectivity index (χ2v) is 4.38. The summed E-state index contributed by atoms with van der Waals surface area (Å²) in [6.45, 7) is 3.01. The van der Waals surface area contributed by atoms with E-state index in [1.165, 1.54) is 0 Å². The maximum atomic E-state index is 12.4. The lowest BCUT2D eigenvalue weighted by Gasteiger charge is -2.42. The Hall–Kier alpha value is -1.30. The molecule has 6 nitrogen and oxygen atoms in total. The zero-order valence-corrected chi connectivity index (χ0v) is 10.2. The normalized spacial score (nSPS) is 18.6. The second kappa shape index (κ2) is 5.86. The zero-order chi connectivity index (χ0) is 12.9. The minimum Gasteiger partial charge on any atom is -0.409 e. The minimum absolute atomic E-state index is 0.0104. The van der Waals surface area contributed by atoms with E-state index >= 15 is 0 Å². The number of carbonyl (C=O) groups is 1. The molecule has 0 aromatic rings. The van der Waals surface area contributed by atoms with Gasteiger partial charge in [-0.1, -0.05) is 11.6 Å². The molecule has 1 rings (SSSR count). The third kappa shape index (κ3) is 2.52. The number of oxime groups is 1. The fourth-order valence-electron chi connectivity index (χ4n) is 2.17. The molecule has 0 radical (unpaired) electrons. The summed E-state index contributed by atoms with van der Waals surface area (Å²) in [4.78, 5) is 14.0. The van der Waals surface area contributed by atoms with Crippen LogP contribution in [0.1, 0.15) is 32.6 Å². The first-order valence-electron chi connectivity index (χ1n) is 6.00. The van der Waals surface area contributed by atoms with Crippen molar-refractivity contribution in [1.82, 2.24) is 4.90 Å². The molecule has 98 valence electrons. The highest BCUT2D eigenvalue weighted by atomic mass is 16.4. The molecule has 0 unspecified atom stereocenters. The van der Waals surface area contributed by atoms with Crippen LogP contribution in [0.3, 0.4) is 0 Å². The molecule has 0 aromatic heterocycles. The zero-order valence-electron chi connectivity index (χ0n) is 10.2. The molecular formula is C11H21N3O3. The van der Waals surface area contributed by atoms with Crippen LogP contribution in [0.2, 0.25) is 0 Å². The maximum Gasteiger partial charge on any atom is 0.236 e. The van der Waals surface area contributed by atoms with Crippen molar-refractivity contribution in [2.75, 3.05) is 19.7 Å². The molecule has 0 spiro atoms. The van der Waals surface area contributed by atoms with Gasteiger partial charge in [-0.25, -0.2) is 0 Å². The Kier molecular flexibility index (Phi) is 4.74. The van der Waals surface area contributed by atoms with Gasteiger partial charge in [0.05, 0.1) is 0 Å². The predicted molar refractivity (Wildman–Crippen MR) is 63.6 cm³/mol. The summed E-state index contributed by atoms with van der Waals surface area (Å²) >= 11 is 0. The highest BCUT2D eigenvalue weighted by Gasteiger charge is 2.49. The van der Waals surface area contributed by atoms with Gasteiger partial charge in [0, 0.05) is 19.7 Å². The monoisotopic (exact) mass is 243 g/mol. The third-order valence-electron chi connectivity index (χ3n) is 3.47. The van der Waals surface area contributed by atoms with Crippen molar-refractivity contribution in [2.24, 2.45) is 16.3 Å². The van der Waals surface area contributed by atoms with Crippen molar-refractivity contribution < 1.29 is 15.1 Å². The van der Waals surface area contributed by atoms with Gasteiger partial charge in [-0.3, -0.25) is 4.79 Å². The summed E-state index contributed by atoms with van der Waals surface area (Å²) in [6.07, 6.45) is 2.74. The number of nitrogens with two attached hydrogens (primary N) is 1. The molecule has 0 aliphatic heterocycles. The van der Waals surface area contributed by atoms with Crippen molar-refractivity contribution in [1.29, 1.82) is 0 Å². The van der Waals surface area contributed by atoms with Gasteiger partial charge in [0.15, 0.2) is 5.84 Å². The average molecular weight is 243 g/mol. The van der Waals surface area contributed by atoms with Gasteiger partial charge in [-0.05, 0) is 26.2 Å². The molecule has 1 fully saturated rings. The molecular weight excluding hydrogens is 222 g/mol. The second-order valence-electron chi connectivity index (χ2n) is 4.38. The van der Waals surface area contributed by atoms with E-state index in [1.54, 1.807) is 4.90 Å². The number of rotatable bonds is 6. The lowest BCUT2D eigenvalue weighted by molar-refractivity contribution is -0.142.